The van der Waals surface area contributed by atoms with Gasteiger partial charge >= 0.3 is 0 Å². The van der Waals surface area contributed by atoms with Gasteiger partial charge in [0.25, 0.3) is 5.91 Å². The molecular weight excluding hydrogens is 456 g/mol. The number of carbonyl (C=O) groups excluding carboxylic acids is 1. The third-order valence-electron chi connectivity index (χ3n) is 6.15. The summed E-state index contributed by atoms with van der Waals surface area (Å²) in [5, 5.41) is 4.13. The molecule has 0 unspecified atom stereocenters. The number of carbonyl (C=O) groups is 1. The van der Waals surface area contributed by atoms with Crippen molar-refractivity contribution in [3.8, 4) is 17.1 Å². The molecule has 0 radical (unpaired) electrons. The van der Waals surface area contributed by atoms with Crippen molar-refractivity contribution < 1.29 is 22.5 Å². The van der Waals surface area contributed by atoms with E-state index in [9.17, 15) is 13.2 Å². The lowest BCUT2D eigenvalue weighted by Crippen LogP contribution is -2.41. The summed E-state index contributed by atoms with van der Waals surface area (Å²) >= 11 is 0. The van der Waals surface area contributed by atoms with Gasteiger partial charge in [-0.2, -0.15) is 4.98 Å². The third kappa shape index (κ3) is 4.63. The highest BCUT2D eigenvalue weighted by Gasteiger charge is 2.33. The van der Waals surface area contributed by atoms with Crippen molar-refractivity contribution in [1.82, 2.24) is 15.0 Å². The average molecular weight is 483 g/mol. The second kappa shape index (κ2) is 9.46. The summed E-state index contributed by atoms with van der Waals surface area (Å²) in [7, 11) is -3.28. The largest absolute Gasteiger partial charge is 0.484 e. The summed E-state index contributed by atoms with van der Waals surface area (Å²) in [6.45, 7) is 1.00. The number of hydrogen-bond acceptors (Lipinski definition) is 7. The summed E-state index contributed by atoms with van der Waals surface area (Å²) in [5.41, 5.74) is 1.25. The second-order valence-corrected chi connectivity index (χ2v) is 10.5. The third-order valence-corrected chi connectivity index (χ3v) is 8.02. The zero-order chi connectivity index (χ0) is 23.5. The lowest BCUT2D eigenvalue weighted by Gasteiger charge is -2.33. The van der Waals surface area contributed by atoms with E-state index in [1.54, 1.807) is 23.1 Å². The Bertz CT molecular complexity index is 1260. The Morgan fingerprint density at radius 1 is 1.06 bits per heavy atom. The topological polar surface area (TPSA) is 106 Å². The maximum Gasteiger partial charge on any atom is 0.261 e. The number of para-hydroxylation sites is 1. The van der Waals surface area contributed by atoms with Crippen molar-refractivity contribution in [2.45, 2.75) is 31.7 Å². The van der Waals surface area contributed by atoms with Crippen molar-refractivity contribution in [2.75, 3.05) is 29.8 Å². The smallest absolute Gasteiger partial charge is 0.261 e. The van der Waals surface area contributed by atoms with Gasteiger partial charge < -0.3 is 14.2 Å². The molecule has 10 heteroatoms. The van der Waals surface area contributed by atoms with Gasteiger partial charge in [-0.05, 0) is 49.9 Å². The number of sulfonamides is 1. The molecule has 1 amide bonds. The molecule has 3 heterocycles. The van der Waals surface area contributed by atoms with Gasteiger partial charge in [-0.15, -0.1) is 0 Å². The van der Waals surface area contributed by atoms with Crippen molar-refractivity contribution in [3.63, 3.8) is 0 Å². The predicted molar refractivity (Wildman–Crippen MR) is 126 cm³/mol. The molecule has 178 valence electrons. The van der Waals surface area contributed by atoms with Crippen molar-refractivity contribution >= 4 is 21.6 Å². The molecule has 3 aromatic rings. The first-order valence-electron chi connectivity index (χ1n) is 11.4. The normalized spacial score (nSPS) is 19.8. The standard InChI is InChI=1S/C24H26N4O5S/c29-22(17-32-20-10-2-1-3-11-20)27-13-5-4-12-21(27)24-25-23(26-33-24)18-8-6-9-19(16-18)28-14-7-15-34(28,30)31/h1-3,6,8-11,16,21H,4-5,7,12-15,17H2/t21-/m1/s1. The van der Waals surface area contributed by atoms with Crippen molar-refractivity contribution in [2.24, 2.45) is 0 Å². The fourth-order valence-corrected chi connectivity index (χ4v) is 6.01. The fraction of sp³-hybridized carbons (Fsp3) is 0.375. The van der Waals surface area contributed by atoms with E-state index < -0.39 is 10.0 Å². The molecule has 5 rings (SSSR count). The number of aromatic nitrogens is 2. The van der Waals surface area contributed by atoms with Crippen LogP contribution in [0.25, 0.3) is 11.4 Å². The van der Waals surface area contributed by atoms with Gasteiger partial charge in [0.15, 0.2) is 6.61 Å². The Hall–Kier alpha value is -3.40. The number of anilines is 1. The number of hydrogen-bond donors (Lipinski definition) is 0. The molecule has 2 fully saturated rings. The van der Waals surface area contributed by atoms with Crippen LogP contribution in [0.3, 0.4) is 0 Å². The minimum atomic E-state index is -3.28. The Labute approximate surface area is 198 Å². The van der Waals surface area contributed by atoms with Crippen LogP contribution in [-0.4, -0.2) is 54.8 Å². The summed E-state index contributed by atoms with van der Waals surface area (Å²) in [4.78, 5) is 19.3. The highest BCUT2D eigenvalue weighted by Crippen LogP contribution is 2.32. The summed E-state index contributed by atoms with van der Waals surface area (Å²) in [6, 6.07) is 16.0. The molecule has 2 saturated heterocycles. The van der Waals surface area contributed by atoms with Gasteiger partial charge in [0.05, 0.1) is 11.4 Å². The molecular formula is C24H26N4O5S. The maximum atomic E-state index is 12.9. The van der Waals surface area contributed by atoms with Crippen molar-refractivity contribution in [3.05, 3.63) is 60.5 Å². The fourth-order valence-electron chi connectivity index (χ4n) is 4.45. The van der Waals surface area contributed by atoms with Crippen LogP contribution in [0.15, 0.2) is 59.1 Å². The van der Waals surface area contributed by atoms with Gasteiger partial charge in [0.2, 0.25) is 21.7 Å². The number of rotatable bonds is 6. The average Bonchev–Trinajstić information content (AvgIpc) is 3.50. The Balaban J connectivity index is 1.33. The monoisotopic (exact) mass is 482 g/mol. The molecule has 1 aromatic heterocycles. The molecule has 0 bridgehead atoms. The van der Waals surface area contributed by atoms with Crippen LogP contribution in [0.1, 0.15) is 37.6 Å². The van der Waals surface area contributed by atoms with E-state index in [1.165, 1.54) is 4.31 Å². The molecule has 0 N–H and O–H groups in total. The van der Waals surface area contributed by atoms with Crippen LogP contribution in [0.4, 0.5) is 5.69 Å². The van der Waals surface area contributed by atoms with Crippen molar-refractivity contribution in [1.29, 1.82) is 0 Å². The number of amides is 1. The molecule has 0 spiro atoms. The van der Waals surface area contributed by atoms with Gasteiger partial charge in [0, 0.05) is 18.7 Å². The first-order valence-corrected chi connectivity index (χ1v) is 13.0. The number of piperidine rings is 1. The maximum absolute atomic E-state index is 12.9. The van der Waals surface area contributed by atoms with E-state index in [-0.39, 0.29) is 24.3 Å². The minimum absolute atomic E-state index is 0.0616. The quantitative estimate of drug-likeness (QED) is 0.530. The molecule has 2 aliphatic heterocycles. The highest BCUT2D eigenvalue weighted by molar-refractivity contribution is 7.93. The van der Waals surface area contributed by atoms with E-state index in [4.69, 9.17) is 9.26 Å². The predicted octanol–water partition coefficient (Wildman–Crippen LogP) is 3.41. The Kier molecular flexibility index (Phi) is 6.23. The first-order chi connectivity index (χ1) is 16.5. The Morgan fingerprint density at radius 2 is 1.91 bits per heavy atom. The first kappa shape index (κ1) is 22.4. The summed E-state index contributed by atoms with van der Waals surface area (Å²) < 4.78 is 37.2. The van der Waals surface area contributed by atoms with Crippen LogP contribution in [0.2, 0.25) is 0 Å². The zero-order valence-corrected chi connectivity index (χ0v) is 19.5. The van der Waals surface area contributed by atoms with E-state index in [0.717, 1.165) is 19.3 Å². The van der Waals surface area contributed by atoms with E-state index >= 15 is 0 Å². The lowest BCUT2D eigenvalue weighted by atomic mass is 10.0. The van der Waals surface area contributed by atoms with Gasteiger partial charge in [-0.25, -0.2) is 8.42 Å². The summed E-state index contributed by atoms with van der Waals surface area (Å²) in [5.74, 6) is 1.41. The molecule has 0 aliphatic carbocycles. The molecule has 1 atom stereocenters. The van der Waals surface area contributed by atoms with Crippen LogP contribution in [0, 0.1) is 0 Å². The molecule has 2 aliphatic rings. The van der Waals surface area contributed by atoms with Gasteiger partial charge in [-0.1, -0.05) is 35.5 Å². The van der Waals surface area contributed by atoms with Gasteiger partial charge in [-0.3, -0.25) is 9.10 Å². The van der Waals surface area contributed by atoms with E-state index in [2.05, 4.69) is 10.1 Å². The Morgan fingerprint density at radius 3 is 2.71 bits per heavy atom. The number of likely N-dealkylation sites (tertiary alicyclic amines) is 1. The van der Waals surface area contributed by atoms with E-state index in [1.807, 2.05) is 36.4 Å². The molecule has 9 nitrogen and oxygen atoms in total. The molecule has 2 aromatic carbocycles. The zero-order valence-electron chi connectivity index (χ0n) is 18.7. The summed E-state index contributed by atoms with van der Waals surface area (Å²) in [6.07, 6.45) is 3.19. The van der Waals surface area contributed by atoms with Gasteiger partial charge in [0.1, 0.15) is 11.8 Å². The number of benzene rings is 2. The second-order valence-electron chi connectivity index (χ2n) is 8.45. The molecule has 0 saturated carbocycles. The van der Waals surface area contributed by atoms with E-state index in [0.29, 0.717) is 48.2 Å². The minimum Gasteiger partial charge on any atom is -0.484 e. The lowest BCUT2D eigenvalue weighted by molar-refractivity contribution is -0.138. The highest BCUT2D eigenvalue weighted by atomic mass is 32.2. The van der Waals surface area contributed by atoms with Crippen LogP contribution in [-0.2, 0) is 14.8 Å². The number of ether oxygens (including phenoxy) is 1. The van der Waals surface area contributed by atoms with Crippen LogP contribution >= 0.6 is 0 Å². The van der Waals surface area contributed by atoms with Crippen LogP contribution in [0.5, 0.6) is 5.75 Å². The number of nitrogens with zero attached hydrogens (tertiary/aromatic N) is 4. The van der Waals surface area contributed by atoms with Crippen LogP contribution < -0.4 is 9.04 Å². The SMILES string of the molecule is O=C(COc1ccccc1)N1CCCC[C@@H]1c1nc(-c2cccc(N3CCCS3(=O)=O)c2)no1. The molecule has 34 heavy (non-hydrogen) atoms.